The van der Waals surface area contributed by atoms with Crippen molar-refractivity contribution in [3.05, 3.63) is 77.3 Å². The Morgan fingerprint density at radius 2 is 1.66 bits per heavy atom. The molecule has 0 aliphatic heterocycles. The molecule has 2 aromatic carbocycles. The summed E-state index contributed by atoms with van der Waals surface area (Å²) in [5, 5.41) is 3.16. The van der Waals surface area contributed by atoms with E-state index in [2.05, 4.69) is 4.98 Å². The second-order valence-corrected chi connectivity index (χ2v) is 7.32. The van der Waals surface area contributed by atoms with Crippen LogP contribution in [0.15, 0.2) is 71.8 Å². The van der Waals surface area contributed by atoms with Crippen LogP contribution in [0.2, 0.25) is 0 Å². The second-order valence-electron chi connectivity index (χ2n) is 7.32. The number of nitrogens with zero attached hydrogens (tertiary/aromatic N) is 5. The van der Waals surface area contributed by atoms with Crippen LogP contribution >= 0.6 is 0 Å². The summed E-state index contributed by atoms with van der Waals surface area (Å²) >= 11 is 0. The van der Waals surface area contributed by atoms with Gasteiger partial charge in [0.05, 0.1) is 18.4 Å². The lowest BCUT2D eigenvalue weighted by molar-refractivity contribution is -0.0620. The number of pyridine rings is 1. The van der Waals surface area contributed by atoms with Crippen LogP contribution in [0.25, 0.3) is 33.2 Å². The molecule has 4 rings (SSSR count). The van der Waals surface area contributed by atoms with Crippen molar-refractivity contribution in [1.82, 2.24) is 19.6 Å². The molecule has 0 N–H and O–H groups in total. The number of carbonyl (C=O) groups excluding carboxylic acids is 1. The van der Waals surface area contributed by atoms with Gasteiger partial charge in [-0.1, -0.05) is 36.4 Å². The van der Waals surface area contributed by atoms with Gasteiger partial charge in [-0.25, -0.2) is 14.8 Å². The lowest BCUT2D eigenvalue weighted by Gasteiger charge is -2.24. The van der Waals surface area contributed by atoms with Gasteiger partial charge in [-0.2, -0.15) is 0 Å². The molecular weight excluding hydrogens is 406 g/mol. The topological polar surface area (TPSA) is 80.6 Å². The van der Waals surface area contributed by atoms with Crippen molar-refractivity contribution in [3.8, 4) is 22.4 Å². The van der Waals surface area contributed by atoms with Crippen molar-refractivity contribution >= 4 is 22.8 Å². The van der Waals surface area contributed by atoms with Gasteiger partial charge in [0.15, 0.2) is 0 Å². The maximum atomic E-state index is 13.6. The van der Waals surface area contributed by atoms with Crippen LogP contribution in [0.5, 0.6) is 0 Å². The van der Waals surface area contributed by atoms with Gasteiger partial charge >= 0.3 is 6.03 Å². The molecule has 162 valence electrons. The van der Waals surface area contributed by atoms with E-state index >= 15 is 0 Å². The number of benzene rings is 2. The van der Waals surface area contributed by atoms with Crippen molar-refractivity contribution in [2.24, 2.45) is 7.05 Å². The number of amides is 2. The fourth-order valence-corrected chi connectivity index (χ4v) is 3.59. The molecule has 0 aliphatic carbocycles. The molecule has 0 radical (unpaired) electrons. The van der Waals surface area contributed by atoms with Gasteiger partial charge in [-0.3, -0.25) is 24.1 Å². The van der Waals surface area contributed by atoms with E-state index in [4.69, 9.17) is 9.82 Å². The summed E-state index contributed by atoms with van der Waals surface area (Å²) in [5.41, 5.74) is 2.13. The predicted octanol–water partition coefficient (Wildman–Crippen LogP) is 3.71. The number of hydrogen-bond acceptors (Lipinski definition) is 5. The zero-order valence-electron chi connectivity index (χ0n) is 18.3. The number of hydrogen-bond donors (Lipinski definition) is 0. The Bertz CT molecular complexity index is 1350. The first-order valence-electron chi connectivity index (χ1n) is 9.98. The number of hydroxylamine groups is 2. The molecule has 2 heterocycles. The Morgan fingerprint density at radius 3 is 2.34 bits per heavy atom. The fourth-order valence-electron chi connectivity index (χ4n) is 3.59. The van der Waals surface area contributed by atoms with Gasteiger partial charge in [0.1, 0.15) is 0 Å². The summed E-state index contributed by atoms with van der Waals surface area (Å²) in [7, 11) is 6.03. The normalized spacial score (nSPS) is 10.9. The first kappa shape index (κ1) is 21.2. The standard InChI is InChI=1S/C24H23N5O3/c1-27-22(30)20(19-10-9-16-7-5-6-8-18(16)15-19)21(17-11-13-25-14-12-17)26-23(27)28(2)24(31)29(3)32-4/h5-15H,1-4H3. The van der Waals surface area contributed by atoms with E-state index in [0.29, 0.717) is 11.3 Å². The average molecular weight is 429 g/mol. The van der Waals surface area contributed by atoms with E-state index in [1.807, 2.05) is 42.5 Å². The SMILES string of the molecule is CON(C)C(=O)N(C)c1nc(-c2ccncc2)c(-c2ccc3ccccc3c2)c(=O)n1C. The monoisotopic (exact) mass is 429 g/mol. The van der Waals surface area contributed by atoms with Crippen LogP contribution in [0.3, 0.4) is 0 Å². The number of urea groups is 1. The smallest absolute Gasteiger partial charge is 0.281 e. The number of carbonyl (C=O) groups is 1. The number of anilines is 1. The minimum atomic E-state index is -0.464. The van der Waals surface area contributed by atoms with Crippen LogP contribution in [0.1, 0.15) is 0 Å². The van der Waals surface area contributed by atoms with E-state index in [9.17, 15) is 9.59 Å². The molecule has 32 heavy (non-hydrogen) atoms. The molecule has 0 unspecified atom stereocenters. The summed E-state index contributed by atoms with van der Waals surface area (Å²) in [4.78, 5) is 41.4. The van der Waals surface area contributed by atoms with Gasteiger partial charge in [0, 0.05) is 39.1 Å². The fraction of sp³-hybridized carbons (Fsp3) is 0.167. The lowest BCUT2D eigenvalue weighted by Crippen LogP contribution is -2.41. The second kappa shape index (κ2) is 8.60. The number of fused-ring (bicyclic) bond motifs is 1. The highest BCUT2D eigenvalue weighted by atomic mass is 16.7. The van der Waals surface area contributed by atoms with E-state index in [1.165, 1.54) is 23.6 Å². The molecule has 0 saturated carbocycles. The lowest BCUT2D eigenvalue weighted by atomic mass is 9.98. The quantitative estimate of drug-likeness (QED) is 0.462. The summed E-state index contributed by atoms with van der Waals surface area (Å²) in [5.74, 6) is 0.195. The van der Waals surface area contributed by atoms with Gasteiger partial charge in [-0.15, -0.1) is 0 Å². The summed E-state index contributed by atoms with van der Waals surface area (Å²) in [6.07, 6.45) is 3.29. The van der Waals surface area contributed by atoms with E-state index in [0.717, 1.165) is 27.0 Å². The molecule has 8 heteroatoms. The molecule has 8 nitrogen and oxygen atoms in total. The maximum absolute atomic E-state index is 13.6. The first-order chi connectivity index (χ1) is 15.4. The largest absolute Gasteiger partial charge is 0.350 e. The van der Waals surface area contributed by atoms with Crippen LogP contribution < -0.4 is 10.5 Å². The summed E-state index contributed by atoms with van der Waals surface area (Å²) in [6, 6.07) is 17.0. The average Bonchev–Trinajstić information content (AvgIpc) is 2.84. The Kier molecular flexibility index (Phi) is 5.70. The predicted molar refractivity (Wildman–Crippen MR) is 124 cm³/mol. The Labute approximate surface area is 185 Å². The highest BCUT2D eigenvalue weighted by Crippen LogP contribution is 2.31. The minimum Gasteiger partial charge on any atom is -0.281 e. The highest BCUT2D eigenvalue weighted by molar-refractivity contribution is 5.92. The Balaban J connectivity index is 1.98. The third-order valence-corrected chi connectivity index (χ3v) is 5.39. The molecule has 0 fully saturated rings. The number of rotatable bonds is 4. The molecule has 0 atom stereocenters. The van der Waals surface area contributed by atoms with Crippen LogP contribution in [-0.2, 0) is 11.9 Å². The Hall–Kier alpha value is -4.04. The highest BCUT2D eigenvalue weighted by Gasteiger charge is 2.24. The van der Waals surface area contributed by atoms with Crippen molar-refractivity contribution in [3.63, 3.8) is 0 Å². The molecule has 2 amide bonds. The van der Waals surface area contributed by atoms with Gasteiger partial charge in [0.25, 0.3) is 5.56 Å². The third kappa shape index (κ3) is 3.72. The number of aromatic nitrogens is 3. The van der Waals surface area contributed by atoms with Crippen molar-refractivity contribution in [2.45, 2.75) is 0 Å². The summed E-state index contributed by atoms with van der Waals surface area (Å²) < 4.78 is 1.37. The van der Waals surface area contributed by atoms with Crippen molar-refractivity contribution < 1.29 is 9.63 Å². The minimum absolute atomic E-state index is 0.195. The summed E-state index contributed by atoms with van der Waals surface area (Å²) in [6.45, 7) is 0. The molecular formula is C24H23N5O3. The van der Waals surface area contributed by atoms with Gasteiger partial charge in [-0.05, 0) is 34.5 Å². The van der Waals surface area contributed by atoms with Crippen molar-refractivity contribution in [2.75, 3.05) is 26.1 Å². The van der Waals surface area contributed by atoms with Crippen molar-refractivity contribution in [1.29, 1.82) is 0 Å². The molecule has 0 bridgehead atoms. The zero-order chi connectivity index (χ0) is 22.8. The molecule has 0 saturated heterocycles. The first-order valence-corrected chi connectivity index (χ1v) is 9.98. The molecule has 2 aromatic heterocycles. The van der Waals surface area contributed by atoms with Crippen LogP contribution in [0.4, 0.5) is 10.7 Å². The van der Waals surface area contributed by atoms with E-state index < -0.39 is 6.03 Å². The van der Waals surface area contributed by atoms with E-state index in [-0.39, 0.29) is 11.5 Å². The van der Waals surface area contributed by atoms with Gasteiger partial charge < -0.3 is 0 Å². The molecule has 0 spiro atoms. The third-order valence-electron chi connectivity index (χ3n) is 5.39. The van der Waals surface area contributed by atoms with Crippen LogP contribution in [0, 0.1) is 0 Å². The van der Waals surface area contributed by atoms with Crippen LogP contribution in [-0.4, -0.2) is 46.8 Å². The molecule has 0 aliphatic rings. The van der Waals surface area contributed by atoms with Gasteiger partial charge in [0.2, 0.25) is 5.95 Å². The Morgan fingerprint density at radius 1 is 0.969 bits per heavy atom. The van der Waals surface area contributed by atoms with E-state index in [1.54, 1.807) is 38.6 Å². The molecule has 4 aromatic rings. The zero-order valence-corrected chi connectivity index (χ0v) is 18.3. The maximum Gasteiger partial charge on any atom is 0.350 e.